The third-order valence-electron chi connectivity index (χ3n) is 4.63. The molecule has 1 aliphatic rings. The van der Waals surface area contributed by atoms with Crippen LogP contribution in [0.1, 0.15) is 39.2 Å². The number of nitrogens with one attached hydrogen (secondary N) is 3. The van der Waals surface area contributed by atoms with Gasteiger partial charge in [-0.3, -0.25) is 9.89 Å². The zero-order valence-electron chi connectivity index (χ0n) is 14.3. The van der Waals surface area contributed by atoms with Gasteiger partial charge >= 0.3 is 0 Å². The number of rotatable bonds is 4. The Morgan fingerprint density at radius 1 is 1.38 bits per heavy atom. The van der Waals surface area contributed by atoms with Gasteiger partial charge < -0.3 is 15.2 Å². The number of halogens is 1. The van der Waals surface area contributed by atoms with Gasteiger partial charge in [0.05, 0.1) is 0 Å². The Labute approximate surface area is 149 Å². The van der Waals surface area contributed by atoms with Crippen LogP contribution in [0, 0.1) is 5.82 Å². The molecule has 3 N–H and O–H groups in total. The second-order valence-electron chi connectivity index (χ2n) is 6.28. The third kappa shape index (κ3) is 2.88. The summed E-state index contributed by atoms with van der Waals surface area (Å²) in [5, 5.41) is 13.2. The summed E-state index contributed by atoms with van der Waals surface area (Å²) in [7, 11) is 1.81. The fourth-order valence-electron chi connectivity index (χ4n) is 3.26. The van der Waals surface area contributed by atoms with E-state index in [2.05, 4.69) is 25.8 Å². The van der Waals surface area contributed by atoms with Crippen molar-refractivity contribution in [1.82, 2.24) is 30.4 Å². The standard InChI is InChI=1S/C18H19FN6O/c1-25-9-8-21-17(25)15(11-4-2-3-5-13(11)19)22-18(26)16-12-10-20-7-6-14(12)23-24-16/h2-5,8-9,15,20H,6-7,10H2,1H3,(H,22,26)(H,23,24). The molecule has 1 amide bonds. The molecule has 134 valence electrons. The van der Waals surface area contributed by atoms with Crippen molar-refractivity contribution in [2.75, 3.05) is 6.54 Å². The number of hydrogen-bond acceptors (Lipinski definition) is 4. The molecule has 0 bridgehead atoms. The van der Waals surface area contributed by atoms with Crippen LogP contribution in [0.25, 0.3) is 0 Å². The molecule has 1 atom stereocenters. The van der Waals surface area contributed by atoms with E-state index >= 15 is 0 Å². The molecule has 2 aromatic heterocycles. The number of hydrogen-bond donors (Lipinski definition) is 3. The van der Waals surface area contributed by atoms with E-state index in [1.165, 1.54) is 6.07 Å². The summed E-state index contributed by atoms with van der Waals surface area (Å²) < 4.78 is 16.2. The van der Waals surface area contributed by atoms with Gasteiger partial charge in [0.1, 0.15) is 17.7 Å². The molecule has 1 aromatic carbocycles. The van der Waals surface area contributed by atoms with Gasteiger partial charge in [0.15, 0.2) is 5.69 Å². The highest BCUT2D eigenvalue weighted by Crippen LogP contribution is 2.24. The lowest BCUT2D eigenvalue weighted by Gasteiger charge is -2.20. The molecule has 1 aliphatic heterocycles. The predicted molar refractivity (Wildman–Crippen MR) is 92.9 cm³/mol. The summed E-state index contributed by atoms with van der Waals surface area (Å²) in [6.07, 6.45) is 4.18. The summed E-state index contributed by atoms with van der Waals surface area (Å²) in [6, 6.07) is 5.66. The number of H-pyrrole nitrogens is 1. The average Bonchev–Trinajstić information content (AvgIpc) is 3.26. The number of aromatic nitrogens is 4. The van der Waals surface area contributed by atoms with Crippen molar-refractivity contribution in [3.8, 4) is 0 Å². The van der Waals surface area contributed by atoms with Crippen molar-refractivity contribution in [2.45, 2.75) is 19.0 Å². The van der Waals surface area contributed by atoms with E-state index in [0.29, 0.717) is 23.6 Å². The molecule has 4 rings (SSSR count). The summed E-state index contributed by atoms with van der Waals surface area (Å²) >= 11 is 0. The molecule has 26 heavy (non-hydrogen) atoms. The van der Waals surface area contributed by atoms with Crippen LogP contribution in [0.2, 0.25) is 0 Å². The van der Waals surface area contributed by atoms with Crippen LogP contribution in [0.4, 0.5) is 4.39 Å². The molecule has 3 aromatic rings. The molecule has 8 heteroatoms. The first-order valence-corrected chi connectivity index (χ1v) is 8.44. The van der Waals surface area contributed by atoms with Gasteiger partial charge in [0, 0.05) is 55.8 Å². The molecule has 0 aliphatic carbocycles. The second-order valence-corrected chi connectivity index (χ2v) is 6.28. The highest BCUT2D eigenvalue weighted by molar-refractivity contribution is 5.94. The normalized spacial score (nSPS) is 14.7. The minimum atomic E-state index is -0.715. The Bertz CT molecular complexity index is 947. The third-order valence-corrected chi connectivity index (χ3v) is 4.63. The number of carbonyl (C=O) groups excluding carboxylic acids is 1. The maximum atomic E-state index is 14.4. The van der Waals surface area contributed by atoms with Gasteiger partial charge in [-0.05, 0) is 6.07 Å². The summed E-state index contributed by atoms with van der Waals surface area (Å²) in [4.78, 5) is 17.2. The number of carbonyl (C=O) groups is 1. The monoisotopic (exact) mass is 354 g/mol. The Morgan fingerprint density at radius 2 is 2.23 bits per heavy atom. The SMILES string of the molecule is Cn1ccnc1C(NC(=O)c1n[nH]c2c1CNCC2)c1ccccc1F. The van der Waals surface area contributed by atoms with Crippen molar-refractivity contribution in [3.05, 3.63) is 70.8 Å². The zero-order chi connectivity index (χ0) is 18.1. The van der Waals surface area contributed by atoms with Crippen LogP contribution < -0.4 is 10.6 Å². The van der Waals surface area contributed by atoms with Crippen LogP contribution >= 0.6 is 0 Å². The van der Waals surface area contributed by atoms with Crippen molar-refractivity contribution in [3.63, 3.8) is 0 Å². The van der Waals surface area contributed by atoms with Crippen LogP contribution in [0.3, 0.4) is 0 Å². The summed E-state index contributed by atoms with van der Waals surface area (Å²) in [6.45, 7) is 1.43. The van der Waals surface area contributed by atoms with Gasteiger partial charge in [-0.2, -0.15) is 5.10 Å². The Kier molecular flexibility index (Phi) is 4.26. The van der Waals surface area contributed by atoms with Crippen molar-refractivity contribution < 1.29 is 9.18 Å². The second kappa shape index (κ2) is 6.72. The van der Waals surface area contributed by atoms with Crippen LogP contribution in [-0.2, 0) is 20.0 Å². The molecule has 0 radical (unpaired) electrons. The maximum absolute atomic E-state index is 14.4. The summed E-state index contributed by atoms with van der Waals surface area (Å²) in [5.74, 6) is -0.208. The van der Waals surface area contributed by atoms with Crippen LogP contribution in [0.5, 0.6) is 0 Å². The van der Waals surface area contributed by atoms with Crippen LogP contribution in [0.15, 0.2) is 36.7 Å². The topological polar surface area (TPSA) is 87.6 Å². The van der Waals surface area contributed by atoms with E-state index in [1.807, 2.05) is 7.05 Å². The number of fused-ring (bicyclic) bond motifs is 1. The fourth-order valence-corrected chi connectivity index (χ4v) is 3.26. The Morgan fingerprint density at radius 3 is 3.00 bits per heavy atom. The highest BCUT2D eigenvalue weighted by Gasteiger charge is 2.27. The molecule has 0 spiro atoms. The number of nitrogens with zero attached hydrogens (tertiary/aromatic N) is 3. The first kappa shape index (κ1) is 16.5. The Hall–Kier alpha value is -3.00. The van der Waals surface area contributed by atoms with Gasteiger partial charge in [-0.25, -0.2) is 9.37 Å². The van der Waals surface area contributed by atoms with Crippen molar-refractivity contribution in [2.24, 2.45) is 7.05 Å². The number of aryl methyl sites for hydroxylation is 1. The first-order valence-electron chi connectivity index (χ1n) is 8.44. The van der Waals surface area contributed by atoms with E-state index in [4.69, 9.17) is 0 Å². The smallest absolute Gasteiger partial charge is 0.272 e. The van der Waals surface area contributed by atoms with Crippen molar-refractivity contribution in [1.29, 1.82) is 0 Å². The molecule has 0 saturated heterocycles. The van der Waals surface area contributed by atoms with E-state index in [-0.39, 0.29) is 5.91 Å². The number of imidazole rings is 1. The zero-order valence-corrected chi connectivity index (χ0v) is 14.3. The van der Waals surface area contributed by atoms with E-state index in [1.54, 1.807) is 35.2 Å². The minimum Gasteiger partial charge on any atom is -0.336 e. The number of aromatic amines is 1. The molecule has 7 nitrogen and oxygen atoms in total. The van der Waals surface area contributed by atoms with Gasteiger partial charge in [0.25, 0.3) is 5.91 Å². The quantitative estimate of drug-likeness (QED) is 0.662. The first-order chi connectivity index (χ1) is 12.6. The number of benzene rings is 1. The Balaban J connectivity index is 1.69. The molecular weight excluding hydrogens is 335 g/mol. The molecule has 0 saturated carbocycles. The van der Waals surface area contributed by atoms with Gasteiger partial charge in [0.2, 0.25) is 0 Å². The molecule has 0 fully saturated rings. The predicted octanol–water partition coefficient (Wildman–Crippen LogP) is 1.45. The van der Waals surface area contributed by atoms with E-state index in [0.717, 1.165) is 24.2 Å². The lowest BCUT2D eigenvalue weighted by molar-refractivity contribution is 0.0934. The molecule has 1 unspecified atom stereocenters. The maximum Gasteiger partial charge on any atom is 0.272 e. The van der Waals surface area contributed by atoms with Crippen molar-refractivity contribution >= 4 is 5.91 Å². The average molecular weight is 354 g/mol. The van der Waals surface area contributed by atoms with E-state index in [9.17, 15) is 9.18 Å². The van der Waals surface area contributed by atoms with Crippen LogP contribution in [-0.4, -0.2) is 32.2 Å². The molecular formula is C18H19FN6O. The van der Waals surface area contributed by atoms with Gasteiger partial charge in [-0.1, -0.05) is 18.2 Å². The number of amides is 1. The minimum absolute atomic E-state index is 0.336. The molecule has 3 heterocycles. The summed E-state index contributed by atoms with van der Waals surface area (Å²) in [5.41, 5.74) is 2.52. The fraction of sp³-hybridized carbons (Fsp3) is 0.278. The van der Waals surface area contributed by atoms with E-state index < -0.39 is 11.9 Å². The largest absolute Gasteiger partial charge is 0.336 e. The lowest BCUT2D eigenvalue weighted by Crippen LogP contribution is -2.33. The van der Waals surface area contributed by atoms with Gasteiger partial charge in [-0.15, -0.1) is 0 Å². The highest BCUT2D eigenvalue weighted by atomic mass is 19.1. The lowest BCUT2D eigenvalue weighted by atomic mass is 10.0.